The molecule has 18 heavy (non-hydrogen) atoms. The Morgan fingerprint density at radius 3 is 2.67 bits per heavy atom. The Hall–Kier alpha value is -0.910. The van der Waals surface area contributed by atoms with Gasteiger partial charge >= 0.3 is 0 Å². The summed E-state index contributed by atoms with van der Waals surface area (Å²) < 4.78 is 26.6. The molecule has 0 unspecified atom stereocenters. The summed E-state index contributed by atoms with van der Waals surface area (Å²) in [5, 5.41) is 0. The van der Waals surface area contributed by atoms with Crippen LogP contribution in [0.4, 0.5) is 0 Å². The number of benzene rings is 1. The van der Waals surface area contributed by atoms with Crippen LogP contribution >= 0.6 is 0 Å². The quantitative estimate of drug-likeness (QED) is 0.882. The van der Waals surface area contributed by atoms with E-state index in [2.05, 4.69) is 0 Å². The van der Waals surface area contributed by atoms with Crippen LogP contribution in [0.5, 0.6) is 0 Å². The Bertz CT molecular complexity index is 540. The second kappa shape index (κ2) is 4.99. The summed E-state index contributed by atoms with van der Waals surface area (Å²) in [6.07, 6.45) is 1.74. The normalized spacial score (nSPS) is 22.1. The predicted octanol–water partition coefficient (Wildman–Crippen LogP) is 1.42. The van der Waals surface area contributed by atoms with Gasteiger partial charge in [-0.3, -0.25) is 0 Å². The third-order valence-corrected chi connectivity index (χ3v) is 5.39. The maximum absolute atomic E-state index is 12.5. The molecule has 5 heteroatoms. The summed E-state index contributed by atoms with van der Waals surface area (Å²) >= 11 is 0. The van der Waals surface area contributed by atoms with Crippen LogP contribution in [0.15, 0.2) is 23.1 Å². The Balaban J connectivity index is 2.35. The zero-order valence-corrected chi connectivity index (χ0v) is 11.7. The van der Waals surface area contributed by atoms with Gasteiger partial charge in [-0.05, 0) is 38.3 Å². The first-order valence-electron chi connectivity index (χ1n) is 6.24. The smallest absolute Gasteiger partial charge is 0.243 e. The lowest BCUT2D eigenvalue weighted by molar-refractivity contribution is 0.316. The van der Waals surface area contributed by atoms with E-state index >= 15 is 0 Å². The van der Waals surface area contributed by atoms with Gasteiger partial charge in [0.15, 0.2) is 0 Å². The van der Waals surface area contributed by atoms with Gasteiger partial charge in [-0.1, -0.05) is 17.7 Å². The van der Waals surface area contributed by atoms with Crippen LogP contribution in [0.1, 0.15) is 24.0 Å². The molecule has 0 bridgehead atoms. The molecular formula is C13H20N2O2S. The topological polar surface area (TPSA) is 63.4 Å². The molecule has 1 saturated heterocycles. The Labute approximate surface area is 109 Å². The first kappa shape index (κ1) is 13.5. The number of piperidine rings is 1. The van der Waals surface area contributed by atoms with E-state index in [1.54, 1.807) is 6.07 Å². The highest BCUT2D eigenvalue weighted by Crippen LogP contribution is 2.23. The van der Waals surface area contributed by atoms with Crippen molar-refractivity contribution in [1.29, 1.82) is 0 Å². The largest absolute Gasteiger partial charge is 0.327 e. The maximum atomic E-state index is 12.5. The van der Waals surface area contributed by atoms with Gasteiger partial charge in [0.1, 0.15) is 0 Å². The summed E-state index contributed by atoms with van der Waals surface area (Å²) in [6.45, 7) is 4.79. The van der Waals surface area contributed by atoms with Crippen LogP contribution in [0.3, 0.4) is 0 Å². The molecule has 1 aliphatic rings. The molecule has 100 valence electrons. The average molecular weight is 268 g/mol. The van der Waals surface area contributed by atoms with Crippen molar-refractivity contribution in [3.8, 4) is 0 Å². The van der Waals surface area contributed by atoms with Crippen LogP contribution in [0.2, 0.25) is 0 Å². The molecule has 2 rings (SSSR count). The molecule has 1 atom stereocenters. The lowest BCUT2D eigenvalue weighted by Crippen LogP contribution is -2.45. The van der Waals surface area contributed by atoms with E-state index in [1.165, 1.54) is 4.31 Å². The molecule has 2 N–H and O–H groups in total. The zero-order chi connectivity index (χ0) is 13.3. The highest BCUT2D eigenvalue weighted by Gasteiger charge is 2.29. The van der Waals surface area contributed by atoms with Crippen molar-refractivity contribution in [2.75, 3.05) is 13.1 Å². The molecule has 0 amide bonds. The third-order valence-electron chi connectivity index (χ3n) is 3.37. The van der Waals surface area contributed by atoms with Gasteiger partial charge in [-0.2, -0.15) is 4.31 Å². The van der Waals surface area contributed by atoms with Gasteiger partial charge in [-0.25, -0.2) is 8.42 Å². The van der Waals surface area contributed by atoms with Gasteiger partial charge in [-0.15, -0.1) is 0 Å². The Morgan fingerprint density at radius 1 is 1.33 bits per heavy atom. The van der Waals surface area contributed by atoms with Gasteiger partial charge in [0, 0.05) is 19.1 Å². The zero-order valence-electron chi connectivity index (χ0n) is 10.9. The number of nitrogens with two attached hydrogens (primary N) is 1. The molecule has 0 aliphatic carbocycles. The third kappa shape index (κ3) is 2.58. The molecule has 0 radical (unpaired) electrons. The van der Waals surface area contributed by atoms with E-state index in [4.69, 9.17) is 5.73 Å². The van der Waals surface area contributed by atoms with Crippen molar-refractivity contribution in [2.45, 2.75) is 37.6 Å². The Morgan fingerprint density at radius 2 is 2.06 bits per heavy atom. The second-order valence-electron chi connectivity index (χ2n) is 5.03. The summed E-state index contributed by atoms with van der Waals surface area (Å²) in [4.78, 5) is 0.405. The maximum Gasteiger partial charge on any atom is 0.243 e. The van der Waals surface area contributed by atoms with Gasteiger partial charge in [0.05, 0.1) is 4.90 Å². The minimum Gasteiger partial charge on any atom is -0.327 e. The van der Waals surface area contributed by atoms with E-state index in [9.17, 15) is 8.42 Å². The van der Waals surface area contributed by atoms with Gasteiger partial charge in [0.2, 0.25) is 10.0 Å². The fourth-order valence-electron chi connectivity index (χ4n) is 2.42. The highest BCUT2D eigenvalue weighted by molar-refractivity contribution is 7.89. The van der Waals surface area contributed by atoms with E-state index < -0.39 is 10.0 Å². The van der Waals surface area contributed by atoms with Crippen molar-refractivity contribution < 1.29 is 8.42 Å². The molecular weight excluding hydrogens is 248 g/mol. The molecule has 1 aromatic carbocycles. The number of hydrogen-bond acceptors (Lipinski definition) is 3. The summed E-state index contributed by atoms with van der Waals surface area (Å²) in [7, 11) is -3.39. The van der Waals surface area contributed by atoms with Crippen molar-refractivity contribution in [3.05, 3.63) is 29.3 Å². The van der Waals surface area contributed by atoms with Crippen molar-refractivity contribution in [3.63, 3.8) is 0 Å². The van der Waals surface area contributed by atoms with E-state index in [0.717, 1.165) is 24.0 Å². The van der Waals surface area contributed by atoms with Crippen LogP contribution < -0.4 is 5.73 Å². The SMILES string of the molecule is Cc1ccc(S(=O)(=O)N2CCC[C@@H](N)C2)c(C)c1. The number of aryl methyl sites for hydroxylation is 2. The lowest BCUT2D eigenvalue weighted by atomic mass is 10.1. The van der Waals surface area contributed by atoms with Gasteiger partial charge < -0.3 is 5.73 Å². The molecule has 1 aliphatic heterocycles. The van der Waals surface area contributed by atoms with Crippen LogP contribution in [0.25, 0.3) is 0 Å². The predicted molar refractivity (Wildman–Crippen MR) is 71.9 cm³/mol. The fourth-order valence-corrected chi connectivity index (χ4v) is 4.16. The fraction of sp³-hybridized carbons (Fsp3) is 0.538. The molecule has 4 nitrogen and oxygen atoms in total. The molecule has 0 aromatic heterocycles. The van der Waals surface area contributed by atoms with Crippen LogP contribution in [-0.2, 0) is 10.0 Å². The first-order valence-corrected chi connectivity index (χ1v) is 7.68. The molecule has 0 saturated carbocycles. The Kier molecular flexibility index (Phi) is 3.75. The van der Waals surface area contributed by atoms with Crippen LogP contribution in [-0.4, -0.2) is 31.9 Å². The second-order valence-corrected chi connectivity index (χ2v) is 6.94. The van der Waals surface area contributed by atoms with E-state index in [-0.39, 0.29) is 6.04 Å². The van der Waals surface area contributed by atoms with Crippen LogP contribution in [0, 0.1) is 13.8 Å². The number of hydrogen-bond donors (Lipinski definition) is 1. The number of nitrogens with zero attached hydrogens (tertiary/aromatic N) is 1. The van der Waals surface area contributed by atoms with Crippen molar-refractivity contribution in [1.82, 2.24) is 4.31 Å². The highest BCUT2D eigenvalue weighted by atomic mass is 32.2. The summed E-state index contributed by atoms with van der Waals surface area (Å²) in [5.74, 6) is 0. The van der Waals surface area contributed by atoms with Crippen molar-refractivity contribution >= 4 is 10.0 Å². The number of rotatable bonds is 2. The molecule has 0 spiro atoms. The van der Waals surface area contributed by atoms with Gasteiger partial charge in [0.25, 0.3) is 0 Å². The standard InChI is InChI=1S/C13H20N2O2S/c1-10-5-6-13(11(2)8-10)18(16,17)15-7-3-4-12(14)9-15/h5-6,8,12H,3-4,7,9,14H2,1-2H3/t12-/m1/s1. The summed E-state index contributed by atoms with van der Waals surface area (Å²) in [6, 6.07) is 5.39. The van der Waals surface area contributed by atoms with Crippen molar-refractivity contribution in [2.24, 2.45) is 5.73 Å². The average Bonchev–Trinajstić information content (AvgIpc) is 2.28. The molecule has 1 fully saturated rings. The minimum absolute atomic E-state index is 0.0423. The molecule has 1 aromatic rings. The summed E-state index contributed by atoms with van der Waals surface area (Å²) in [5.41, 5.74) is 7.73. The van der Waals surface area contributed by atoms with E-state index in [0.29, 0.717) is 18.0 Å². The minimum atomic E-state index is -3.39. The molecule has 1 heterocycles. The first-order chi connectivity index (χ1) is 8.41. The lowest BCUT2D eigenvalue weighted by Gasteiger charge is -2.30. The van der Waals surface area contributed by atoms with E-state index in [1.807, 2.05) is 26.0 Å². The monoisotopic (exact) mass is 268 g/mol. The number of sulfonamides is 1.